The molecule has 9 aromatic rings. The van der Waals surface area contributed by atoms with Gasteiger partial charge in [0.15, 0.2) is 0 Å². The number of hydrogen-bond acceptors (Lipinski definition) is 4. The van der Waals surface area contributed by atoms with E-state index in [0.29, 0.717) is 0 Å². The van der Waals surface area contributed by atoms with Gasteiger partial charge in [-0.3, -0.25) is 4.98 Å². The Labute approximate surface area is 315 Å². The first-order chi connectivity index (χ1) is 24.3. The standard InChI is InChI=1S/C45H36N3OS.Ir/c1-26(2)34-23-32(29-11-7-6-8-12-29)24-35(27(3)4)43(34)48-40-14-10-9-13-39(40)47-44(48)38-25-49-41-19-16-30(21-36(38)41)31-17-20-42-37(22-31)33-18-15-28(5)46-45(33)50-42;/h6-24,26-27H,1-5H3;/q-1;. The molecule has 0 atom stereocenters. The molecular weight excluding hydrogens is 823 g/mol. The van der Waals surface area contributed by atoms with E-state index in [4.69, 9.17) is 14.4 Å². The molecule has 0 N–H and O–H groups in total. The van der Waals surface area contributed by atoms with Crippen molar-refractivity contribution >= 4 is 53.6 Å². The number of hydrogen-bond donors (Lipinski definition) is 0. The Bertz CT molecular complexity index is 2710. The van der Waals surface area contributed by atoms with Gasteiger partial charge in [0, 0.05) is 58.8 Å². The Morgan fingerprint density at radius 3 is 2.08 bits per heavy atom. The summed E-state index contributed by atoms with van der Waals surface area (Å²) in [6.45, 7) is 11.2. The van der Waals surface area contributed by atoms with Gasteiger partial charge in [-0.1, -0.05) is 105 Å². The average molecular weight is 859 g/mol. The molecule has 0 aliphatic rings. The van der Waals surface area contributed by atoms with Crippen LogP contribution in [0.3, 0.4) is 0 Å². The fraction of sp³-hybridized carbons (Fsp3) is 0.156. The minimum Gasteiger partial charge on any atom is -0.557 e. The van der Waals surface area contributed by atoms with E-state index >= 15 is 0 Å². The van der Waals surface area contributed by atoms with Gasteiger partial charge < -0.3 is 8.98 Å². The summed E-state index contributed by atoms with van der Waals surface area (Å²) in [4.78, 5) is 11.2. The van der Waals surface area contributed by atoms with Crippen molar-refractivity contribution in [1.82, 2.24) is 14.5 Å². The van der Waals surface area contributed by atoms with Gasteiger partial charge in [-0.2, -0.15) is 0 Å². The van der Waals surface area contributed by atoms with Gasteiger partial charge in [-0.15, -0.1) is 11.3 Å². The number of nitrogens with zero attached hydrogens (tertiary/aromatic N) is 3. The fourth-order valence-electron chi connectivity index (χ4n) is 7.29. The molecule has 0 amide bonds. The maximum absolute atomic E-state index is 6.16. The Kier molecular flexibility index (Phi) is 8.50. The van der Waals surface area contributed by atoms with Crippen molar-refractivity contribution in [3.8, 4) is 39.3 Å². The average Bonchev–Trinajstić information content (AvgIpc) is 3.83. The molecule has 6 heteroatoms. The molecule has 0 unspecified atom stereocenters. The summed E-state index contributed by atoms with van der Waals surface area (Å²) >= 11 is 1.75. The van der Waals surface area contributed by atoms with E-state index in [1.54, 1.807) is 11.3 Å². The van der Waals surface area contributed by atoms with Crippen molar-refractivity contribution in [3.63, 3.8) is 0 Å². The first-order valence-corrected chi connectivity index (χ1v) is 18.1. The summed E-state index contributed by atoms with van der Waals surface area (Å²) in [5.41, 5.74) is 13.2. The van der Waals surface area contributed by atoms with E-state index < -0.39 is 0 Å². The zero-order chi connectivity index (χ0) is 34.1. The number of furan rings is 1. The number of benzene rings is 5. The third kappa shape index (κ3) is 5.63. The summed E-state index contributed by atoms with van der Waals surface area (Å²) in [7, 11) is 0. The Balaban J connectivity index is 0.00000374. The van der Waals surface area contributed by atoms with Crippen LogP contribution in [0, 0.1) is 13.2 Å². The van der Waals surface area contributed by atoms with Crippen LogP contribution in [0.2, 0.25) is 0 Å². The smallest absolute Gasteiger partial charge is 0.124 e. The van der Waals surface area contributed by atoms with Crippen LogP contribution < -0.4 is 0 Å². The van der Waals surface area contributed by atoms with Gasteiger partial charge in [0.2, 0.25) is 0 Å². The number of rotatable bonds is 6. The Hall–Kier alpha value is -4.87. The topological polar surface area (TPSA) is 43.9 Å². The summed E-state index contributed by atoms with van der Waals surface area (Å²) in [6, 6.07) is 41.3. The van der Waals surface area contributed by atoms with E-state index in [2.05, 4.69) is 154 Å². The normalized spacial score (nSPS) is 11.8. The van der Waals surface area contributed by atoms with Crippen molar-refractivity contribution in [2.75, 3.05) is 0 Å². The monoisotopic (exact) mass is 859 g/mol. The predicted molar refractivity (Wildman–Crippen MR) is 210 cm³/mol. The first kappa shape index (κ1) is 33.3. The molecule has 0 saturated carbocycles. The second-order valence-electron chi connectivity index (χ2n) is 13.8. The summed E-state index contributed by atoms with van der Waals surface area (Å²) < 4.78 is 9.76. The van der Waals surface area contributed by atoms with Crippen LogP contribution in [0.25, 0.3) is 81.6 Å². The Morgan fingerprint density at radius 1 is 0.647 bits per heavy atom. The third-order valence-corrected chi connectivity index (χ3v) is 10.9. The summed E-state index contributed by atoms with van der Waals surface area (Å²) in [6.07, 6.45) is 3.30. The maximum Gasteiger partial charge on any atom is 0.124 e. The molecule has 5 aromatic carbocycles. The molecule has 1 radical (unpaired) electrons. The molecule has 0 aliphatic heterocycles. The number of thiophene rings is 1. The predicted octanol–water partition coefficient (Wildman–Crippen LogP) is 12.9. The molecule has 9 rings (SSSR count). The number of imidazole rings is 1. The molecular formula is C45H36IrN3OS-. The number of aryl methyl sites for hydroxylation is 1. The van der Waals surface area contributed by atoms with Gasteiger partial charge in [0.05, 0.1) is 16.9 Å². The van der Waals surface area contributed by atoms with Crippen molar-refractivity contribution in [3.05, 3.63) is 138 Å². The van der Waals surface area contributed by atoms with Crippen LogP contribution >= 0.6 is 11.3 Å². The second-order valence-corrected chi connectivity index (χ2v) is 14.9. The first-order valence-electron chi connectivity index (χ1n) is 17.3. The number of fused-ring (bicyclic) bond motifs is 5. The minimum absolute atomic E-state index is 0. The Morgan fingerprint density at radius 2 is 1.33 bits per heavy atom. The zero-order valence-corrected chi connectivity index (χ0v) is 32.3. The van der Waals surface area contributed by atoms with Gasteiger partial charge in [0.1, 0.15) is 4.83 Å². The molecule has 0 saturated heterocycles. The van der Waals surface area contributed by atoms with Gasteiger partial charge >= 0.3 is 0 Å². The fourth-order valence-corrected chi connectivity index (χ4v) is 8.39. The molecule has 253 valence electrons. The number of aromatic nitrogens is 3. The molecule has 0 fully saturated rings. The van der Waals surface area contributed by atoms with E-state index in [9.17, 15) is 0 Å². The minimum atomic E-state index is 0. The van der Waals surface area contributed by atoms with Crippen molar-refractivity contribution in [1.29, 1.82) is 0 Å². The van der Waals surface area contributed by atoms with Crippen LogP contribution in [0.15, 0.2) is 120 Å². The third-order valence-electron chi connectivity index (χ3n) is 9.85. The maximum atomic E-state index is 6.16. The quantitative estimate of drug-likeness (QED) is 0.157. The number of pyridine rings is 1. The number of para-hydroxylation sites is 2. The zero-order valence-electron chi connectivity index (χ0n) is 29.1. The molecule has 0 spiro atoms. The van der Waals surface area contributed by atoms with Crippen molar-refractivity contribution < 1.29 is 24.5 Å². The van der Waals surface area contributed by atoms with Gasteiger partial charge in [-0.05, 0) is 101 Å². The van der Waals surface area contributed by atoms with Crippen LogP contribution in [0.5, 0.6) is 0 Å². The van der Waals surface area contributed by atoms with Crippen LogP contribution in [0.1, 0.15) is 56.4 Å². The van der Waals surface area contributed by atoms with Crippen molar-refractivity contribution in [2.45, 2.75) is 46.5 Å². The second kappa shape index (κ2) is 13.0. The van der Waals surface area contributed by atoms with E-state index in [1.807, 2.05) is 6.92 Å². The van der Waals surface area contributed by atoms with Gasteiger partial charge in [-0.25, -0.2) is 4.98 Å². The van der Waals surface area contributed by atoms with E-state index in [-0.39, 0.29) is 31.9 Å². The molecule has 4 aromatic heterocycles. The van der Waals surface area contributed by atoms with Gasteiger partial charge in [0.25, 0.3) is 0 Å². The summed E-state index contributed by atoms with van der Waals surface area (Å²) in [5, 5.41) is 3.42. The van der Waals surface area contributed by atoms with Crippen molar-refractivity contribution in [2.24, 2.45) is 0 Å². The van der Waals surface area contributed by atoms with Crippen LogP contribution in [-0.4, -0.2) is 14.5 Å². The van der Waals surface area contributed by atoms with E-state index in [0.717, 1.165) is 55.0 Å². The molecule has 51 heavy (non-hydrogen) atoms. The van der Waals surface area contributed by atoms with E-state index in [1.165, 1.54) is 43.4 Å². The largest absolute Gasteiger partial charge is 0.557 e. The summed E-state index contributed by atoms with van der Waals surface area (Å²) in [5.74, 6) is 1.39. The van der Waals surface area contributed by atoms with Crippen LogP contribution in [-0.2, 0) is 20.1 Å². The molecule has 4 heterocycles. The molecule has 0 aliphatic carbocycles. The molecule has 0 bridgehead atoms. The molecule has 4 nitrogen and oxygen atoms in total. The van der Waals surface area contributed by atoms with Crippen LogP contribution in [0.4, 0.5) is 0 Å². The SMILES string of the molecule is Cc1ccc2c(n1)sc1ccc(-c3ccc4o[c-]c(-c5nc6ccccc6n5-c5c(C(C)C)cc(-c6ccccc6)cc5C(C)C)c4c3)cc12.[Ir].